The lowest BCUT2D eigenvalue weighted by molar-refractivity contribution is 0.0696. The van der Waals surface area contributed by atoms with Crippen molar-refractivity contribution in [2.24, 2.45) is 0 Å². The van der Waals surface area contributed by atoms with Crippen molar-refractivity contribution in [2.75, 3.05) is 5.32 Å². The molecule has 0 aliphatic rings. The Labute approximate surface area is 146 Å². The SMILES string of the molecule is O=C(O)c1cc(NC(=O)c2cccnc2)c2c(Cl)cc(Cl)cc2c1. The minimum absolute atomic E-state index is 0.0160. The predicted octanol–water partition coefficient (Wildman–Crippen LogP) is 4.49. The van der Waals surface area contributed by atoms with Crippen LogP contribution in [-0.4, -0.2) is 22.0 Å². The number of aromatic nitrogens is 1. The van der Waals surface area contributed by atoms with Crippen LogP contribution in [0.25, 0.3) is 10.8 Å². The number of nitrogens with one attached hydrogen (secondary N) is 1. The second kappa shape index (κ2) is 6.47. The summed E-state index contributed by atoms with van der Waals surface area (Å²) in [6.45, 7) is 0. The molecule has 3 rings (SSSR count). The fourth-order valence-corrected chi connectivity index (χ4v) is 2.95. The van der Waals surface area contributed by atoms with Gasteiger partial charge in [-0.3, -0.25) is 9.78 Å². The molecule has 0 bridgehead atoms. The first-order valence-electron chi connectivity index (χ1n) is 6.83. The summed E-state index contributed by atoms with van der Waals surface area (Å²) in [5.74, 6) is -1.54. The van der Waals surface area contributed by atoms with Gasteiger partial charge in [0.1, 0.15) is 0 Å². The molecule has 0 fully saturated rings. The molecule has 0 saturated carbocycles. The molecule has 0 radical (unpaired) electrons. The van der Waals surface area contributed by atoms with Gasteiger partial charge in [-0.15, -0.1) is 0 Å². The smallest absolute Gasteiger partial charge is 0.335 e. The van der Waals surface area contributed by atoms with Gasteiger partial charge in [0.2, 0.25) is 0 Å². The van der Waals surface area contributed by atoms with E-state index in [0.29, 0.717) is 32.1 Å². The van der Waals surface area contributed by atoms with Crippen LogP contribution in [0.1, 0.15) is 20.7 Å². The molecule has 0 saturated heterocycles. The Balaban J connectivity index is 2.15. The Morgan fingerprint density at radius 3 is 2.54 bits per heavy atom. The largest absolute Gasteiger partial charge is 0.478 e. The number of hydrogen-bond acceptors (Lipinski definition) is 3. The monoisotopic (exact) mass is 360 g/mol. The van der Waals surface area contributed by atoms with Crippen LogP contribution in [0.5, 0.6) is 0 Å². The third-order valence-electron chi connectivity index (χ3n) is 3.38. The zero-order valence-electron chi connectivity index (χ0n) is 12.1. The van der Waals surface area contributed by atoms with E-state index in [1.165, 1.54) is 24.4 Å². The molecule has 120 valence electrons. The number of halogens is 2. The Kier molecular flexibility index (Phi) is 4.38. The predicted molar refractivity (Wildman–Crippen MR) is 93.1 cm³/mol. The maximum Gasteiger partial charge on any atom is 0.335 e. The van der Waals surface area contributed by atoms with Gasteiger partial charge >= 0.3 is 5.97 Å². The van der Waals surface area contributed by atoms with Crippen molar-refractivity contribution in [3.8, 4) is 0 Å². The highest BCUT2D eigenvalue weighted by molar-refractivity contribution is 6.40. The van der Waals surface area contributed by atoms with Crippen LogP contribution >= 0.6 is 23.2 Å². The van der Waals surface area contributed by atoms with E-state index in [-0.39, 0.29) is 5.56 Å². The van der Waals surface area contributed by atoms with Crippen molar-refractivity contribution in [1.29, 1.82) is 0 Å². The maximum atomic E-state index is 12.3. The van der Waals surface area contributed by atoms with Gasteiger partial charge in [0.25, 0.3) is 5.91 Å². The van der Waals surface area contributed by atoms with Gasteiger partial charge in [-0.1, -0.05) is 23.2 Å². The van der Waals surface area contributed by atoms with E-state index >= 15 is 0 Å². The molecule has 0 atom stereocenters. The molecular weight excluding hydrogens is 351 g/mol. The minimum Gasteiger partial charge on any atom is -0.478 e. The number of carbonyl (C=O) groups is 2. The number of nitrogens with zero attached hydrogens (tertiary/aromatic N) is 1. The van der Waals surface area contributed by atoms with Crippen molar-refractivity contribution in [3.63, 3.8) is 0 Å². The fraction of sp³-hybridized carbons (Fsp3) is 0. The van der Waals surface area contributed by atoms with Crippen LogP contribution in [0.4, 0.5) is 5.69 Å². The number of carboxylic acid groups (broad SMARTS) is 1. The highest BCUT2D eigenvalue weighted by Gasteiger charge is 2.15. The molecule has 7 heteroatoms. The molecular formula is C17H10Cl2N2O3. The molecule has 2 N–H and O–H groups in total. The topological polar surface area (TPSA) is 79.3 Å². The number of anilines is 1. The van der Waals surface area contributed by atoms with Crippen molar-refractivity contribution in [3.05, 3.63) is 70.0 Å². The van der Waals surface area contributed by atoms with Gasteiger partial charge in [0.05, 0.1) is 21.8 Å². The lowest BCUT2D eigenvalue weighted by Gasteiger charge is -2.12. The summed E-state index contributed by atoms with van der Waals surface area (Å²) in [4.78, 5) is 27.6. The van der Waals surface area contributed by atoms with Gasteiger partial charge in [0, 0.05) is 22.8 Å². The summed E-state index contributed by atoms with van der Waals surface area (Å²) in [7, 11) is 0. The summed E-state index contributed by atoms with van der Waals surface area (Å²) >= 11 is 12.2. The number of benzene rings is 2. The van der Waals surface area contributed by atoms with Crippen LogP contribution < -0.4 is 5.32 Å². The van der Waals surface area contributed by atoms with E-state index < -0.39 is 11.9 Å². The standard InChI is InChI=1S/C17H10Cl2N2O3/c18-12-5-10-4-11(17(23)24)6-14(15(10)13(19)7-12)21-16(22)9-2-1-3-20-8-9/h1-8H,(H,21,22)(H,23,24). The van der Waals surface area contributed by atoms with E-state index in [1.54, 1.807) is 24.4 Å². The van der Waals surface area contributed by atoms with E-state index in [1.807, 2.05) is 0 Å². The normalized spacial score (nSPS) is 10.6. The maximum absolute atomic E-state index is 12.3. The summed E-state index contributed by atoms with van der Waals surface area (Å²) in [5, 5.41) is 13.7. The van der Waals surface area contributed by atoms with Crippen LogP contribution in [0.2, 0.25) is 10.0 Å². The summed E-state index contributed by atoms with van der Waals surface area (Å²) in [5.41, 5.74) is 0.652. The lowest BCUT2D eigenvalue weighted by atomic mass is 10.0. The second-order valence-electron chi connectivity index (χ2n) is 5.01. The van der Waals surface area contributed by atoms with E-state index in [4.69, 9.17) is 23.2 Å². The highest BCUT2D eigenvalue weighted by Crippen LogP contribution is 2.35. The number of amides is 1. The number of fused-ring (bicyclic) bond motifs is 1. The van der Waals surface area contributed by atoms with E-state index in [9.17, 15) is 14.7 Å². The zero-order chi connectivity index (χ0) is 17.3. The Morgan fingerprint density at radius 2 is 1.88 bits per heavy atom. The van der Waals surface area contributed by atoms with Crippen LogP contribution in [0.3, 0.4) is 0 Å². The third-order valence-corrected chi connectivity index (χ3v) is 3.90. The number of rotatable bonds is 3. The molecule has 0 unspecified atom stereocenters. The van der Waals surface area contributed by atoms with Crippen LogP contribution in [0, 0.1) is 0 Å². The first-order valence-corrected chi connectivity index (χ1v) is 7.59. The summed E-state index contributed by atoms with van der Waals surface area (Å²) in [6, 6.07) is 9.17. The van der Waals surface area contributed by atoms with Crippen LogP contribution in [-0.2, 0) is 0 Å². The van der Waals surface area contributed by atoms with Gasteiger partial charge in [-0.2, -0.15) is 0 Å². The second-order valence-corrected chi connectivity index (χ2v) is 5.85. The van der Waals surface area contributed by atoms with Crippen molar-refractivity contribution in [2.45, 2.75) is 0 Å². The van der Waals surface area contributed by atoms with Crippen molar-refractivity contribution in [1.82, 2.24) is 4.98 Å². The molecule has 1 amide bonds. The quantitative estimate of drug-likeness (QED) is 0.720. The number of pyridine rings is 1. The van der Waals surface area contributed by atoms with Gasteiger partial charge in [-0.05, 0) is 41.8 Å². The summed E-state index contributed by atoms with van der Waals surface area (Å²) in [6.07, 6.45) is 2.97. The van der Waals surface area contributed by atoms with E-state index in [2.05, 4.69) is 10.3 Å². The zero-order valence-corrected chi connectivity index (χ0v) is 13.6. The molecule has 2 aromatic carbocycles. The number of carbonyl (C=O) groups excluding carboxylic acids is 1. The molecule has 0 aliphatic carbocycles. The average molecular weight is 361 g/mol. The van der Waals surface area contributed by atoms with Crippen molar-refractivity contribution < 1.29 is 14.7 Å². The van der Waals surface area contributed by atoms with Gasteiger partial charge in [-0.25, -0.2) is 4.79 Å². The Bertz CT molecular complexity index is 959. The molecule has 0 spiro atoms. The van der Waals surface area contributed by atoms with E-state index in [0.717, 1.165) is 0 Å². The lowest BCUT2D eigenvalue weighted by Crippen LogP contribution is -2.13. The Morgan fingerprint density at radius 1 is 1.08 bits per heavy atom. The first kappa shape index (κ1) is 16.2. The first-order chi connectivity index (χ1) is 11.5. The summed E-state index contributed by atoms with van der Waals surface area (Å²) < 4.78 is 0. The highest BCUT2D eigenvalue weighted by atomic mass is 35.5. The Hall–Kier alpha value is -2.63. The van der Waals surface area contributed by atoms with Crippen LogP contribution in [0.15, 0.2) is 48.8 Å². The molecule has 24 heavy (non-hydrogen) atoms. The number of aromatic carboxylic acids is 1. The molecule has 1 heterocycles. The third kappa shape index (κ3) is 3.18. The van der Waals surface area contributed by atoms with Gasteiger partial charge in [0.15, 0.2) is 0 Å². The molecule has 1 aromatic heterocycles. The van der Waals surface area contributed by atoms with Crippen molar-refractivity contribution >= 4 is 51.5 Å². The van der Waals surface area contributed by atoms with Gasteiger partial charge < -0.3 is 10.4 Å². The number of hydrogen-bond donors (Lipinski definition) is 2. The average Bonchev–Trinajstić information content (AvgIpc) is 2.54. The molecule has 5 nitrogen and oxygen atoms in total. The minimum atomic E-state index is -1.12. The molecule has 3 aromatic rings. The molecule has 0 aliphatic heterocycles. The fourth-order valence-electron chi connectivity index (χ4n) is 2.34. The number of carboxylic acids is 1.